The Morgan fingerprint density at radius 3 is 2.05 bits per heavy atom. The molecule has 0 radical (unpaired) electrons. The van der Waals surface area contributed by atoms with Crippen LogP contribution in [0.2, 0.25) is 0 Å². The number of ether oxygens (including phenoxy) is 1. The van der Waals surface area contributed by atoms with E-state index in [2.05, 4.69) is 58.0 Å². The number of β-amino-alcohol motifs (C(OH)–C–C–N with tert-alkyl or cyclic N) is 1. The lowest BCUT2D eigenvalue weighted by molar-refractivity contribution is -0.433. The number of aliphatic hydroxyl groups is 7. The van der Waals surface area contributed by atoms with Gasteiger partial charge < -0.3 is 96.8 Å². The van der Waals surface area contributed by atoms with Gasteiger partial charge in [0.15, 0.2) is 11.5 Å². The highest BCUT2D eigenvalue weighted by Gasteiger charge is 2.50. The van der Waals surface area contributed by atoms with E-state index >= 15 is 0 Å². The number of aliphatic hydroxyl groups excluding tert-OH is 7. The Labute approximate surface area is 534 Å². The number of nitrogens with two attached hydrogens (primary N) is 1. The van der Waals surface area contributed by atoms with Crippen molar-refractivity contribution in [3.63, 3.8) is 0 Å². The van der Waals surface area contributed by atoms with Crippen molar-refractivity contribution in [3.05, 3.63) is 77.9 Å². The number of phenols is 1. The van der Waals surface area contributed by atoms with Crippen LogP contribution < -0.4 is 41.4 Å². The summed E-state index contributed by atoms with van der Waals surface area (Å²) in [5.74, 6) is -11.9. The summed E-state index contributed by atoms with van der Waals surface area (Å²) in [6.45, 7) is 5.28. The van der Waals surface area contributed by atoms with Gasteiger partial charge in [-0.1, -0.05) is 52.8 Å². The molecule has 0 aliphatic carbocycles. The summed E-state index contributed by atoms with van der Waals surface area (Å²) in [6, 6.07) is 4.71. The molecule has 4 fully saturated rings. The van der Waals surface area contributed by atoms with Crippen LogP contribution in [-0.2, 0) is 47.7 Å². The van der Waals surface area contributed by atoms with Crippen molar-refractivity contribution in [2.24, 2.45) is 11.7 Å². The lowest BCUT2D eigenvalue weighted by Crippen LogP contribution is -2.64. The molecule has 500 valence electrons. The van der Waals surface area contributed by atoms with Gasteiger partial charge in [0.25, 0.3) is 18.2 Å². The predicted octanol–water partition coefficient (Wildman–Crippen LogP) is -2.35. The summed E-state index contributed by atoms with van der Waals surface area (Å²) in [7, 11) is 0. The number of hydrogen-bond acceptors (Lipinski definition) is 26. The minimum absolute atomic E-state index is 0.00544. The first kappa shape index (κ1) is 70.2. The molecule has 92 heavy (non-hydrogen) atoms. The molecule has 34 heteroatoms. The fourth-order valence-corrected chi connectivity index (χ4v) is 12.4. The van der Waals surface area contributed by atoms with Crippen molar-refractivity contribution < 1.29 is 103 Å². The molecule has 0 spiro atoms. The Hall–Kier alpha value is -7.71. The number of aromatic nitrogens is 2. The van der Waals surface area contributed by atoms with Gasteiger partial charge in [-0.15, -0.1) is 10.2 Å². The molecule has 4 saturated heterocycles. The Morgan fingerprint density at radius 2 is 1.42 bits per heavy atom. The number of primary amides is 1. The lowest BCUT2D eigenvalue weighted by Gasteiger charge is -2.34. The van der Waals surface area contributed by atoms with Crippen LogP contribution in [0.15, 0.2) is 66.7 Å². The maximum atomic E-state index is 14.7. The first-order chi connectivity index (χ1) is 43.9. The predicted molar refractivity (Wildman–Crippen MR) is 323 cm³/mol. The van der Waals surface area contributed by atoms with E-state index < -0.39 is 183 Å². The number of amides is 8. The molecule has 16 N–H and O–H groups in total. The molecule has 8 amide bonds. The zero-order valence-electron chi connectivity index (χ0n) is 50.1. The first-order valence-electron chi connectivity index (χ1n) is 29.6. The van der Waals surface area contributed by atoms with Crippen molar-refractivity contribution in [1.82, 2.24) is 46.6 Å². The van der Waals surface area contributed by atoms with Crippen molar-refractivity contribution in [2.75, 3.05) is 44.2 Å². The van der Waals surface area contributed by atoms with E-state index in [4.69, 9.17) is 19.9 Å². The number of carbonyl (C=O) groups is 8. The SMILES string of the molecule is CCCOC1CCN(c2ccc(-c3nnc(-c4ccc(C(=O)N[C@H]5CC(O)CNC(=O)C6C(O)C(C)CN6C(=O)C(C(O)CC(N)=O)NC(=O)C(C(O)C(O)c6ccc(O)c(OSOOO)c6)NC(=O)C6CC(O)CN6C(=O)C(C(C)O)NC5=O)cc4)s3)cc2)CC1. The van der Waals surface area contributed by atoms with Gasteiger partial charge in [-0.05, 0) is 80.3 Å². The fourth-order valence-electron chi connectivity index (χ4n) is 11.3. The fraction of sp³-hybridized carbons (Fsp3) is 0.517. The quantitative estimate of drug-likeness (QED) is 0.0202. The number of nitrogens with one attached hydrogen (secondary N) is 5. The highest BCUT2D eigenvalue weighted by Crippen LogP contribution is 2.35. The highest BCUT2D eigenvalue weighted by atomic mass is 32.2. The third-order valence-corrected chi connectivity index (χ3v) is 17.6. The average molecular weight is 1330 g/mol. The van der Waals surface area contributed by atoms with Gasteiger partial charge in [0.2, 0.25) is 41.4 Å². The number of rotatable bonds is 19. The third kappa shape index (κ3) is 17.1. The van der Waals surface area contributed by atoms with Crippen LogP contribution in [0.4, 0.5) is 5.69 Å². The van der Waals surface area contributed by atoms with E-state index in [0.717, 1.165) is 85.1 Å². The molecule has 4 aromatic rings. The summed E-state index contributed by atoms with van der Waals surface area (Å²) in [4.78, 5) is 117. The van der Waals surface area contributed by atoms with Gasteiger partial charge in [-0.3, -0.25) is 38.4 Å². The van der Waals surface area contributed by atoms with Crippen LogP contribution in [-0.4, -0.2) is 232 Å². The minimum Gasteiger partial charge on any atom is -0.504 e. The average Bonchev–Trinajstić information content (AvgIpc) is 1.60. The molecule has 4 aliphatic heterocycles. The van der Waals surface area contributed by atoms with Gasteiger partial charge in [0, 0.05) is 80.5 Å². The molecule has 5 heterocycles. The molecule has 32 nitrogen and oxygen atoms in total. The molecule has 13 unspecified atom stereocenters. The number of fused-ring (bicyclic) bond motifs is 2. The molecule has 0 bridgehead atoms. The molecule has 3 aromatic carbocycles. The maximum Gasteiger partial charge on any atom is 0.261 e. The Bertz CT molecular complexity index is 3250. The van der Waals surface area contributed by atoms with Crippen LogP contribution in [0.3, 0.4) is 0 Å². The number of aromatic hydroxyl groups is 1. The van der Waals surface area contributed by atoms with Crippen LogP contribution in [0, 0.1) is 5.92 Å². The Kier molecular flexibility index (Phi) is 24.2. The monoisotopic (exact) mass is 1330 g/mol. The molecule has 8 rings (SSSR count). The standard InChI is InChI=1S/C58H75N11O21S2/c1-4-19-87-36-15-17-67(18-16-36)33-12-9-31(10-13-33)56-66-65-55(91-56)30-7-5-29(6-8-30)50(79)61-37-21-34(71)24-60-54(83)46-47(76)27(2)25-69(46)58(85)44(40(74)23-42(59)75)63-53(82)45(49(78)48(77)32-11-14-39(73)41(20-32)88-92-90-89-86)64-52(81)38-22-35(72)26-68(38)57(84)43(28(3)70)62-51(37)80/h5-14,20,27-28,34-38,40,43-49,70-74,76-78,86H,4,15-19,21-26H2,1-3H3,(H2,59,75)(H,60,83)(H,61,79)(H,62,80)(H,63,82)(H,64,81)/t27?,28?,34?,35?,37-,38?,40?,43?,44?,45?,46?,47?,48?,49?/m0/s1. The smallest absolute Gasteiger partial charge is 0.261 e. The molecule has 1 aromatic heterocycles. The van der Waals surface area contributed by atoms with Gasteiger partial charge in [-0.2, -0.15) is 0 Å². The summed E-state index contributed by atoms with van der Waals surface area (Å²) in [5, 5.41) is 124. The zero-order valence-corrected chi connectivity index (χ0v) is 51.7. The van der Waals surface area contributed by atoms with Crippen molar-refractivity contribution >= 4 is 76.6 Å². The summed E-state index contributed by atoms with van der Waals surface area (Å²) < 4.78 is 15.1. The number of carbonyl (C=O) groups excluding carboxylic acids is 8. The molecule has 14 atom stereocenters. The number of hydrogen-bond donors (Lipinski definition) is 15. The van der Waals surface area contributed by atoms with E-state index in [1.54, 1.807) is 12.1 Å². The van der Waals surface area contributed by atoms with E-state index in [1.807, 2.05) is 24.3 Å². The second kappa shape index (κ2) is 31.7. The number of piperidine rings is 1. The molecular formula is C58H75N11O21S2. The second-order valence-electron chi connectivity index (χ2n) is 22.9. The second-order valence-corrected chi connectivity index (χ2v) is 24.4. The minimum atomic E-state index is -2.53. The largest absolute Gasteiger partial charge is 0.504 e. The Morgan fingerprint density at radius 1 is 0.793 bits per heavy atom. The van der Waals surface area contributed by atoms with E-state index in [-0.39, 0.29) is 29.6 Å². The summed E-state index contributed by atoms with van der Waals surface area (Å²) in [6.07, 6.45) is -13.0. The maximum absolute atomic E-state index is 14.7. The van der Waals surface area contributed by atoms with Gasteiger partial charge >= 0.3 is 0 Å². The molecule has 4 aliphatic rings. The number of phenolic OH excluding ortho intramolecular Hbond substituents is 1. The van der Waals surface area contributed by atoms with Crippen molar-refractivity contribution in [2.45, 2.75) is 144 Å². The van der Waals surface area contributed by atoms with E-state index in [1.165, 1.54) is 30.4 Å². The van der Waals surface area contributed by atoms with Crippen molar-refractivity contribution in [3.8, 4) is 32.6 Å². The number of anilines is 1. The zero-order chi connectivity index (χ0) is 66.7. The first-order valence-corrected chi connectivity index (χ1v) is 31.1. The van der Waals surface area contributed by atoms with Crippen LogP contribution >= 0.6 is 23.7 Å². The summed E-state index contributed by atoms with van der Waals surface area (Å²) >= 11 is 1.29. The lowest BCUT2D eigenvalue weighted by atomic mass is 9.96. The third-order valence-electron chi connectivity index (χ3n) is 16.2. The van der Waals surface area contributed by atoms with E-state index in [9.17, 15) is 79.2 Å². The topological polar surface area (TPSA) is 477 Å². The highest BCUT2D eigenvalue weighted by molar-refractivity contribution is 7.90. The number of benzene rings is 3. The van der Waals surface area contributed by atoms with Crippen LogP contribution in [0.25, 0.3) is 21.1 Å². The van der Waals surface area contributed by atoms with Gasteiger partial charge in [-0.25, -0.2) is 5.26 Å². The molecular weight excluding hydrogens is 1250 g/mol. The van der Waals surface area contributed by atoms with Gasteiger partial charge in [0.1, 0.15) is 58.5 Å². The molecule has 0 saturated carbocycles. The van der Waals surface area contributed by atoms with Crippen LogP contribution in [0.5, 0.6) is 11.5 Å². The number of nitrogens with zero attached hydrogens (tertiary/aromatic N) is 5. The normalized spacial score (nSPS) is 26.3. The summed E-state index contributed by atoms with van der Waals surface area (Å²) in [5.41, 5.74) is 7.54. The van der Waals surface area contributed by atoms with Crippen LogP contribution in [0.1, 0.15) is 81.3 Å². The van der Waals surface area contributed by atoms with Gasteiger partial charge in [0.05, 0.1) is 43.0 Å². The Balaban J connectivity index is 1.07. The van der Waals surface area contributed by atoms with Crippen molar-refractivity contribution in [1.29, 1.82) is 0 Å². The van der Waals surface area contributed by atoms with E-state index in [0.29, 0.717) is 15.6 Å².